The molecule has 1 amide bonds. The Hall–Kier alpha value is -2.41. The Labute approximate surface area is 129 Å². The van der Waals surface area contributed by atoms with E-state index in [0.717, 1.165) is 0 Å². The van der Waals surface area contributed by atoms with Crippen LogP contribution < -0.4 is 10.2 Å². The molecule has 2 N–H and O–H groups in total. The molecule has 0 aliphatic heterocycles. The molecule has 0 aliphatic rings. The number of rotatable bonds is 4. The van der Waals surface area contributed by atoms with Crippen LogP contribution in [0.25, 0.3) is 0 Å². The minimum Gasteiger partial charge on any atom is -0.507 e. The summed E-state index contributed by atoms with van der Waals surface area (Å²) in [5.74, 6) is 0.220. The molecule has 7 heteroatoms. The number of aromatic hydroxyl groups is 1. The van der Waals surface area contributed by atoms with Crippen molar-refractivity contribution in [1.29, 1.82) is 0 Å². The average molecular weight is 350 g/mol. The fourth-order valence-corrected chi connectivity index (χ4v) is 1.89. The van der Waals surface area contributed by atoms with Gasteiger partial charge in [-0.2, -0.15) is 5.10 Å². The molecule has 0 aliphatic carbocycles. The van der Waals surface area contributed by atoms with E-state index >= 15 is 0 Å². The molecule has 108 valence electrons. The molecule has 1 aromatic carbocycles. The number of amides is 1. The third-order valence-electron chi connectivity index (χ3n) is 2.57. The van der Waals surface area contributed by atoms with E-state index in [0.29, 0.717) is 21.3 Å². The van der Waals surface area contributed by atoms with E-state index in [4.69, 9.17) is 4.74 Å². The highest BCUT2D eigenvalue weighted by Crippen LogP contribution is 2.20. The Morgan fingerprint density at radius 3 is 2.95 bits per heavy atom. The molecular weight excluding hydrogens is 338 g/mol. The molecule has 0 fully saturated rings. The van der Waals surface area contributed by atoms with Crippen LogP contribution in [-0.4, -0.2) is 29.3 Å². The smallest absolute Gasteiger partial charge is 0.272 e. The summed E-state index contributed by atoms with van der Waals surface area (Å²) >= 11 is 3.23. The summed E-state index contributed by atoms with van der Waals surface area (Å²) in [6.07, 6.45) is 4.34. The van der Waals surface area contributed by atoms with Gasteiger partial charge in [0.1, 0.15) is 11.5 Å². The van der Waals surface area contributed by atoms with Gasteiger partial charge >= 0.3 is 0 Å². The maximum atomic E-state index is 11.8. The number of carbonyl (C=O) groups excluding carboxylic acids is 1. The van der Waals surface area contributed by atoms with E-state index in [2.05, 4.69) is 31.4 Å². The molecule has 6 nitrogen and oxygen atoms in total. The summed E-state index contributed by atoms with van der Waals surface area (Å²) in [7, 11) is 1.52. The molecule has 1 aromatic heterocycles. The average Bonchev–Trinajstić information content (AvgIpc) is 2.49. The van der Waals surface area contributed by atoms with Gasteiger partial charge in [-0.15, -0.1) is 0 Å². The molecule has 0 radical (unpaired) electrons. The minimum atomic E-state index is -0.401. The summed E-state index contributed by atoms with van der Waals surface area (Å²) in [6, 6.07) is 6.34. The van der Waals surface area contributed by atoms with Crippen molar-refractivity contribution < 1.29 is 14.6 Å². The van der Waals surface area contributed by atoms with Crippen molar-refractivity contribution >= 4 is 28.1 Å². The van der Waals surface area contributed by atoms with Crippen molar-refractivity contribution in [2.75, 3.05) is 7.11 Å². The number of pyridine rings is 1. The van der Waals surface area contributed by atoms with Gasteiger partial charge in [0.05, 0.1) is 18.9 Å². The lowest BCUT2D eigenvalue weighted by molar-refractivity contribution is 0.0954. The number of nitrogens with one attached hydrogen (secondary N) is 1. The first-order valence-electron chi connectivity index (χ1n) is 5.91. The summed E-state index contributed by atoms with van der Waals surface area (Å²) in [5, 5.41) is 13.5. The molecule has 0 unspecified atom stereocenters. The van der Waals surface area contributed by atoms with Crippen LogP contribution in [0.1, 0.15) is 15.9 Å². The SMILES string of the molecule is COc1ccc(O)c(/C=N/NC(=O)c2cncc(Br)c2)c1. The quantitative estimate of drug-likeness (QED) is 0.655. The van der Waals surface area contributed by atoms with Gasteiger partial charge in [-0.3, -0.25) is 9.78 Å². The zero-order valence-electron chi connectivity index (χ0n) is 11.1. The largest absolute Gasteiger partial charge is 0.507 e. The second kappa shape index (κ2) is 6.85. The standard InChI is InChI=1S/C14H12BrN3O3/c1-21-12-2-3-13(19)9(5-12)7-17-18-14(20)10-4-11(15)8-16-6-10/h2-8,19H,1H3,(H,18,20)/b17-7+. The van der Waals surface area contributed by atoms with E-state index in [1.54, 1.807) is 24.4 Å². The normalized spacial score (nSPS) is 10.6. The Kier molecular flexibility index (Phi) is 4.89. The molecule has 0 spiro atoms. The number of ether oxygens (including phenoxy) is 1. The van der Waals surface area contributed by atoms with Crippen molar-refractivity contribution in [2.24, 2.45) is 5.10 Å². The third kappa shape index (κ3) is 4.03. The molecule has 0 saturated carbocycles. The second-order valence-corrected chi connectivity index (χ2v) is 4.93. The lowest BCUT2D eigenvalue weighted by atomic mass is 10.2. The number of carbonyl (C=O) groups is 1. The number of aromatic nitrogens is 1. The number of hydrogen-bond donors (Lipinski definition) is 2. The van der Waals surface area contributed by atoms with Crippen LogP contribution >= 0.6 is 15.9 Å². The fraction of sp³-hybridized carbons (Fsp3) is 0.0714. The van der Waals surface area contributed by atoms with Crippen LogP contribution in [0.2, 0.25) is 0 Å². The van der Waals surface area contributed by atoms with Crippen LogP contribution in [0, 0.1) is 0 Å². The van der Waals surface area contributed by atoms with E-state index in [9.17, 15) is 9.90 Å². The lowest BCUT2D eigenvalue weighted by Gasteiger charge is -2.03. The van der Waals surface area contributed by atoms with Crippen molar-refractivity contribution in [3.63, 3.8) is 0 Å². The number of methoxy groups -OCH3 is 1. The van der Waals surface area contributed by atoms with Gasteiger partial charge in [-0.25, -0.2) is 5.43 Å². The Morgan fingerprint density at radius 2 is 2.24 bits per heavy atom. The van der Waals surface area contributed by atoms with Crippen LogP contribution in [-0.2, 0) is 0 Å². The third-order valence-corrected chi connectivity index (χ3v) is 3.01. The lowest BCUT2D eigenvalue weighted by Crippen LogP contribution is -2.17. The van der Waals surface area contributed by atoms with Gasteiger partial charge < -0.3 is 9.84 Å². The van der Waals surface area contributed by atoms with E-state index < -0.39 is 5.91 Å². The number of phenolic OH excluding ortho intramolecular Hbond substituents is 1. The number of nitrogens with zero attached hydrogens (tertiary/aromatic N) is 2. The highest BCUT2D eigenvalue weighted by Gasteiger charge is 2.05. The summed E-state index contributed by atoms with van der Waals surface area (Å²) < 4.78 is 5.74. The monoisotopic (exact) mass is 349 g/mol. The highest BCUT2D eigenvalue weighted by atomic mass is 79.9. The maximum Gasteiger partial charge on any atom is 0.272 e. The maximum absolute atomic E-state index is 11.8. The minimum absolute atomic E-state index is 0.0397. The van der Waals surface area contributed by atoms with Crippen LogP contribution in [0.3, 0.4) is 0 Å². The number of benzene rings is 1. The Bertz CT molecular complexity index is 689. The number of hydrazone groups is 1. The Morgan fingerprint density at radius 1 is 1.43 bits per heavy atom. The Balaban J connectivity index is 2.07. The predicted molar refractivity (Wildman–Crippen MR) is 81.7 cm³/mol. The molecule has 0 saturated heterocycles. The molecule has 1 heterocycles. The topological polar surface area (TPSA) is 83.8 Å². The van der Waals surface area contributed by atoms with E-state index in [1.165, 1.54) is 25.6 Å². The van der Waals surface area contributed by atoms with Crippen molar-refractivity contribution in [3.05, 3.63) is 52.3 Å². The second-order valence-electron chi connectivity index (χ2n) is 4.02. The van der Waals surface area contributed by atoms with Gasteiger partial charge in [0.25, 0.3) is 5.91 Å². The number of halogens is 1. The zero-order chi connectivity index (χ0) is 15.2. The molecule has 2 rings (SSSR count). The predicted octanol–water partition coefficient (Wildman–Crippen LogP) is 2.32. The first-order chi connectivity index (χ1) is 10.1. The van der Waals surface area contributed by atoms with Gasteiger partial charge in [-0.05, 0) is 40.2 Å². The van der Waals surface area contributed by atoms with Crippen molar-refractivity contribution in [1.82, 2.24) is 10.4 Å². The molecule has 0 bridgehead atoms. The number of phenols is 1. The first kappa shape index (κ1) is 15.0. The van der Waals surface area contributed by atoms with Crippen molar-refractivity contribution in [3.8, 4) is 11.5 Å². The van der Waals surface area contributed by atoms with Crippen LogP contribution in [0.4, 0.5) is 0 Å². The van der Waals surface area contributed by atoms with Crippen LogP contribution in [0.15, 0.2) is 46.2 Å². The molecular formula is C14H12BrN3O3. The summed E-state index contributed by atoms with van der Waals surface area (Å²) in [5.41, 5.74) is 3.16. The molecule has 0 atom stereocenters. The highest BCUT2D eigenvalue weighted by molar-refractivity contribution is 9.10. The van der Waals surface area contributed by atoms with Crippen molar-refractivity contribution in [2.45, 2.75) is 0 Å². The van der Waals surface area contributed by atoms with Crippen LogP contribution in [0.5, 0.6) is 11.5 Å². The summed E-state index contributed by atoms with van der Waals surface area (Å²) in [6.45, 7) is 0. The summed E-state index contributed by atoms with van der Waals surface area (Å²) in [4.78, 5) is 15.7. The first-order valence-corrected chi connectivity index (χ1v) is 6.70. The van der Waals surface area contributed by atoms with Gasteiger partial charge in [0.2, 0.25) is 0 Å². The fourth-order valence-electron chi connectivity index (χ4n) is 1.52. The van der Waals surface area contributed by atoms with E-state index in [1.807, 2.05) is 0 Å². The molecule has 21 heavy (non-hydrogen) atoms. The number of hydrogen-bond acceptors (Lipinski definition) is 5. The molecule has 2 aromatic rings. The van der Waals surface area contributed by atoms with Gasteiger partial charge in [0, 0.05) is 22.4 Å². The van der Waals surface area contributed by atoms with Gasteiger partial charge in [0.15, 0.2) is 0 Å². The van der Waals surface area contributed by atoms with Gasteiger partial charge in [-0.1, -0.05) is 0 Å². The zero-order valence-corrected chi connectivity index (χ0v) is 12.7. The van der Waals surface area contributed by atoms with E-state index in [-0.39, 0.29) is 5.75 Å².